The first-order valence-corrected chi connectivity index (χ1v) is 6.67. The number of aromatic nitrogens is 1. The highest BCUT2D eigenvalue weighted by atomic mass is 16.5. The molecule has 0 spiro atoms. The van der Waals surface area contributed by atoms with Crippen LogP contribution in [0.5, 0.6) is 5.88 Å². The number of aliphatic imine (C=N–C) groups is 1. The average Bonchev–Trinajstić information content (AvgIpc) is 2.42. The van der Waals surface area contributed by atoms with Crippen LogP contribution < -0.4 is 15.4 Å². The molecule has 0 aliphatic rings. The average molecular weight is 264 g/mol. The van der Waals surface area contributed by atoms with Gasteiger partial charge in [-0.1, -0.05) is 19.9 Å². The first-order valence-electron chi connectivity index (χ1n) is 6.67. The molecular weight excluding hydrogens is 240 g/mol. The van der Waals surface area contributed by atoms with Gasteiger partial charge in [-0.3, -0.25) is 0 Å². The highest BCUT2D eigenvalue weighted by Gasteiger charge is 2.00. The molecule has 0 fully saturated rings. The maximum atomic E-state index is 5.10. The summed E-state index contributed by atoms with van der Waals surface area (Å²) in [6.45, 7) is 8.66. The molecule has 19 heavy (non-hydrogen) atoms. The van der Waals surface area contributed by atoms with E-state index in [0.29, 0.717) is 18.3 Å². The molecule has 0 atom stereocenters. The van der Waals surface area contributed by atoms with Crippen LogP contribution in [0.25, 0.3) is 0 Å². The Morgan fingerprint density at radius 2 is 2.16 bits per heavy atom. The van der Waals surface area contributed by atoms with Crippen LogP contribution >= 0.6 is 0 Å². The Balaban J connectivity index is 2.62. The fourth-order valence-corrected chi connectivity index (χ4v) is 1.46. The zero-order valence-electron chi connectivity index (χ0n) is 12.2. The Bertz CT molecular complexity index is 404. The molecule has 1 aromatic heterocycles. The number of ether oxygens (including phenoxy) is 1. The molecule has 1 heterocycles. The van der Waals surface area contributed by atoms with Crippen molar-refractivity contribution in [3.8, 4) is 5.88 Å². The molecular formula is C14H24N4O. The maximum Gasteiger partial charge on any atom is 0.213 e. The van der Waals surface area contributed by atoms with Crippen LogP contribution in [0.3, 0.4) is 0 Å². The molecule has 0 radical (unpaired) electrons. The van der Waals surface area contributed by atoms with Gasteiger partial charge in [0.1, 0.15) is 0 Å². The molecule has 0 bridgehead atoms. The number of rotatable bonds is 6. The zero-order chi connectivity index (χ0) is 14.1. The monoisotopic (exact) mass is 264 g/mol. The van der Waals surface area contributed by atoms with Gasteiger partial charge in [-0.15, -0.1) is 0 Å². The molecule has 5 nitrogen and oxygen atoms in total. The minimum absolute atomic E-state index is 0.532. The normalized spacial score (nSPS) is 11.5. The van der Waals surface area contributed by atoms with Gasteiger partial charge in [-0.05, 0) is 18.9 Å². The first kappa shape index (κ1) is 15.3. The molecule has 0 saturated carbocycles. The minimum atomic E-state index is 0.532. The molecule has 0 unspecified atom stereocenters. The van der Waals surface area contributed by atoms with E-state index >= 15 is 0 Å². The SMILES string of the molecule is CCNC(=NCc1cccc(OC)n1)NCC(C)C. The fraction of sp³-hybridized carbons (Fsp3) is 0.571. The first-order chi connectivity index (χ1) is 9.15. The lowest BCUT2D eigenvalue weighted by Crippen LogP contribution is -2.39. The summed E-state index contributed by atoms with van der Waals surface area (Å²) in [6.07, 6.45) is 0. The number of hydrogen-bond donors (Lipinski definition) is 2. The topological polar surface area (TPSA) is 58.5 Å². The lowest BCUT2D eigenvalue weighted by atomic mass is 10.2. The standard InChI is InChI=1S/C14H24N4O/c1-5-15-14(16-9-11(2)3)17-10-12-7-6-8-13(18-12)19-4/h6-8,11H,5,9-10H2,1-4H3,(H2,15,16,17). The number of nitrogens with zero attached hydrogens (tertiary/aromatic N) is 2. The summed E-state index contributed by atoms with van der Waals surface area (Å²) in [6, 6.07) is 5.69. The summed E-state index contributed by atoms with van der Waals surface area (Å²) >= 11 is 0. The number of guanidine groups is 1. The number of hydrogen-bond acceptors (Lipinski definition) is 3. The lowest BCUT2D eigenvalue weighted by molar-refractivity contribution is 0.396. The predicted molar refractivity (Wildman–Crippen MR) is 78.4 cm³/mol. The summed E-state index contributed by atoms with van der Waals surface area (Å²) in [7, 11) is 1.61. The van der Waals surface area contributed by atoms with Gasteiger partial charge in [-0.2, -0.15) is 0 Å². The van der Waals surface area contributed by atoms with Gasteiger partial charge in [0.25, 0.3) is 0 Å². The summed E-state index contributed by atoms with van der Waals surface area (Å²) in [5.74, 6) is 2.02. The maximum absolute atomic E-state index is 5.10. The Hall–Kier alpha value is -1.78. The molecule has 1 aromatic rings. The highest BCUT2D eigenvalue weighted by molar-refractivity contribution is 5.79. The van der Waals surface area contributed by atoms with Gasteiger partial charge in [0.15, 0.2) is 5.96 Å². The number of nitrogens with one attached hydrogen (secondary N) is 2. The molecule has 1 rings (SSSR count). The van der Waals surface area contributed by atoms with Crippen molar-refractivity contribution in [2.75, 3.05) is 20.2 Å². The van der Waals surface area contributed by atoms with E-state index < -0.39 is 0 Å². The summed E-state index contributed by atoms with van der Waals surface area (Å²) in [5.41, 5.74) is 0.890. The largest absolute Gasteiger partial charge is 0.481 e. The van der Waals surface area contributed by atoms with Crippen LogP contribution in [0.1, 0.15) is 26.5 Å². The van der Waals surface area contributed by atoms with Crippen molar-refractivity contribution in [1.29, 1.82) is 0 Å². The van der Waals surface area contributed by atoms with Crippen molar-refractivity contribution < 1.29 is 4.74 Å². The second kappa shape index (κ2) is 8.34. The molecule has 0 aliphatic carbocycles. The van der Waals surface area contributed by atoms with Crippen LogP contribution in [-0.4, -0.2) is 31.1 Å². The lowest BCUT2D eigenvalue weighted by Gasteiger charge is -2.12. The van der Waals surface area contributed by atoms with Crippen LogP contribution in [0.4, 0.5) is 0 Å². The number of pyridine rings is 1. The quantitative estimate of drug-likeness (QED) is 0.607. The highest BCUT2D eigenvalue weighted by Crippen LogP contribution is 2.07. The third-order valence-electron chi connectivity index (χ3n) is 2.41. The second-order valence-electron chi connectivity index (χ2n) is 4.64. The molecule has 106 valence electrons. The fourth-order valence-electron chi connectivity index (χ4n) is 1.46. The van der Waals surface area contributed by atoms with Gasteiger partial charge in [0.2, 0.25) is 5.88 Å². The van der Waals surface area contributed by atoms with Gasteiger partial charge in [-0.25, -0.2) is 9.98 Å². The van der Waals surface area contributed by atoms with Crippen molar-refractivity contribution in [1.82, 2.24) is 15.6 Å². The number of methoxy groups -OCH3 is 1. The van der Waals surface area contributed by atoms with Crippen molar-refractivity contribution >= 4 is 5.96 Å². The Morgan fingerprint density at radius 3 is 2.79 bits per heavy atom. The molecule has 0 amide bonds. The van der Waals surface area contributed by atoms with Crippen molar-refractivity contribution in [2.45, 2.75) is 27.3 Å². The van der Waals surface area contributed by atoms with E-state index in [1.807, 2.05) is 18.2 Å². The van der Waals surface area contributed by atoms with Gasteiger partial charge in [0.05, 0.1) is 19.3 Å². The van der Waals surface area contributed by atoms with Crippen LogP contribution in [0.2, 0.25) is 0 Å². The third kappa shape index (κ3) is 6.08. The smallest absolute Gasteiger partial charge is 0.213 e. The Labute approximate surface area is 115 Å². The molecule has 0 aliphatic heterocycles. The second-order valence-corrected chi connectivity index (χ2v) is 4.64. The van der Waals surface area contributed by atoms with E-state index in [0.717, 1.165) is 24.7 Å². The Kier molecular flexibility index (Phi) is 6.71. The molecule has 5 heteroatoms. The molecule has 0 aromatic carbocycles. The Morgan fingerprint density at radius 1 is 1.37 bits per heavy atom. The summed E-state index contributed by atoms with van der Waals surface area (Å²) < 4.78 is 5.10. The van der Waals surface area contributed by atoms with E-state index in [9.17, 15) is 0 Å². The zero-order valence-corrected chi connectivity index (χ0v) is 12.2. The summed E-state index contributed by atoms with van der Waals surface area (Å²) in [4.78, 5) is 8.84. The van der Waals surface area contributed by atoms with Crippen LogP contribution in [-0.2, 0) is 6.54 Å². The molecule has 0 saturated heterocycles. The third-order valence-corrected chi connectivity index (χ3v) is 2.41. The predicted octanol–water partition coefficient (Wildman–Crippen LogP) is 1.80. The van der Waals surface area contributed by atoms with Crippen LogP contribution in [0, 0.1) is 5.92 Å². The van der Waals surface area contributed by atoms with E-state index in [2.05, 4.69) is 41.4 Å². The van der Waals surface area contributed by atoms with Gasteiger partial charge in [0, 0.05) is 19.2 Å². The van der Waals surface area contributed by atoms with E-state index in [1.165, 1.54) is 0 Å². The van der Waals surface area contributed by atoms with Crippen molar-refractivity contribution in [3.05, 3.63) is 23.9 Å². The summed E-state index contributed by atoms with van der Waals surface area (Å²) in [5, 5.41) is 6.52. The van der Waals surface area contributed by atoms with E-state index in [4.69, 9.17) is 4.74 Å². The molecule has 2 N–H and O–H groups in total. The van der Waals surface area contributed by atoms with E-state index in [-0.39, 0.29) is 0 Å². The van der Waals surface area contributed by atoms with Gasteiger partial charge < -0.3 is 15.4 Å². The van der Waals surface area contributed by atoms with Crippen LogP contribution in [0.15, 0.2) is 23.2 Å². The van der Waals surface area contributed by atoms with E-state index in [1.54, 1.807) is 7.11 Å². The van der Waals surface area contributed by atoms with Crippen molar-refractivity contribution in [3.63, 3.8) is 0 Å². The van der Waals surface area contributed by atoms with Gasteiger partial charge >= 0.3 is 0 Å². The minimum Gasteiger partial charge on any atom is -0.481 e. The van der Waals surface area contributed by atoms with Crippen molar-refractivity contribution in [2.24, 2.45) is 10.9 Å².